The van der Waals surface area contributed by atoms with Crippen LogP contribution in [0.1, 0.15) is 21.5 Å². The minimum Gasteiger partial charge on any atom is -0.496 e. The van der Waals surface area contributed by atoms with E-state index >= 15 is 0 Å². The van der Waals surface area contributed by atoms with Gasteiger partial charge >= 0.3 is 0 Å². The highest BCUT2D eigenvalue weighted by atomic mass is 35.5. The summed E-state index contributed by atoms with van der Waals surface area (Å²) in [4.78, 5) is 12.4. The third kappa shape index (κ3) is 2.91. The van der Waals surface area contributed by atoms with Gasteiger partial charge in [0, 0.05) is 15.6 Å². The fraction of sp³-hybridized carbons (Fsp3) is 0.133. The van der Waals surface area contributed by atoms with Gasteiger partial charge in [0.25, 0.3) is 0 Å². The van der Waals surface area contributed by atoms with E-state index in [2.05, 4.69) is 0 Å². The number of carbonyl (C=O) groups excluding carboxylic acids is 1. The van der Waals surface area contributed by atoms with Gasteiger partial charge in [-0.3, -0.25) is 4.79 Å². The van der Waals surface area contributed by atoms with Crippen LogP contribution in [-0.4, -0.2) is 12.9 Å². The normalized spacial score (nSPS) is 10.3. The molecule has 2 aromatic carbocycles. The number of rotatable bonds is 3. The number of methoxy groups -OCH3 is 1. The van der Waals surface area contributed by atoms with Gasteiger partial charge in [-0.2, -0.15) is 0 Å². The largest absolute Gasteiger partial charge is 0.496 e. The zero-order valence-electron chi connectivity index (χ0n) is 10.5. The molecule has 0 aromatic heterocycles. The zero-order chi connectivity index (χ0) is 14.0. The minimum absolute atomic E-state index is 0.143. The SMILES string of the molecule is COc1cc(Cl)ccc1C(=O)c1ccc(C)c(Cl)c1. The predicted octanol–water partition coefficient (Wildman–Crippen LogP) is 4.54. The summed E-state index contributed by atoms with van der Waals surface area (Å²) in [6, 6.07) is 10.2. The Bertz CT molecular complexity index is 636. The summed E-state index contributed by atoms with van der Waals surface area (Å²) in [6.07, 6.45) is 0. The van der Waals surface area contributed by atoms with Crippen LogP contribution in [0.15, 0.2) is 36.4 Å². The summed E-state index contributed by atoms with van der Waals surface area (Å²) in [5.74, 6) is 0.310. The quantitative estimate of drug-likeness (QED) is 0.777. The van der Waals surface area contributed by atoms with Gasteiger partial charge in [-0.15, -0.1) is 0 Å². The summed E-state index contributed by atoms with van der Waals surface area (Å²) in [6.45, 7) is 1.89. The first-order valence-corrected chi connectivity index (χ1v) is 6.43. The monoisotopic (exact) mass is 294 g/mol. The molecule has 98 valence electrons. The second kappa shape index (κ2) is 5.64. The molecule has 2 aromatic rings. The molecule has 0 N–H and O–H groups in total. The van der Waals surface area contributed by atoms with Crippen molar-refractivity contribution in [3.05, 3.63) is 63.1 Å². The van der Waals surface area contributed by atoms with E-state index < -0.39 is 0 Å². The standard InChI is InChI=1S/C15H12Cl2O2/c1-9-3-4-10(7-13(9)17)15(18)12-6-5-11(16)8-14(12)19-2/h3-8H,1-2H3. The maximum atomic E-state index is 12.4. The van der Waals surface area contributed by atoms with Gasteiger partial charge in [-0.05, 0) is 36.8 Å². The van der Waals surface area contributed by atoms with E-state index in [0.29, 0.717) is 26.9 Å². The lowest BCUT2D eigenvalue weighted by Gasteiger charge is -2.09. The molecule has 0 fully saturated rings. The highest BCUT2D eigenvalue weighted by Crippen LogP contribution is 2.26. The Hall–Kier alpha value is -1.51. The Morgan fingerprint density at radius 3 is 2.47 bits per heavy atom. The Morgan fingerprint density at radius 2 is 1.84 bits per heavy atom. The van der Waals surface area contributed by atoms with Crippen LogP contribution in [0.4, 0.5) is 0 Å². The fourth-order valence-electron chi connectivity index (χ4n) is 1.74. The first kappa shape index (κ1) is 13.9. The maximum absolute atomic E-state index is 12.4. The van der Waals surface area contributed by atoms with Crippen molar-refractivity contribution in [1.29, 1.82) is 0 Å². The molecule has 2 nitrogen and oxygen atoms in total. The summed E-state index contributed by atoms with van der Waals surface area (Å²) >= 11 is 11.9. The van der Waals surface area contributed by atoms with Crippen LogP contribution >= 0.6 is 23.2 Å². The van der Waals surface area contributed by atoms with E-state index in [1.54, 1.807) is 30.3 Å². The molecule has 0 atom stereocenters. The molecule has 0 bridgehead atoms. The molecule has 0 aliphatic carbocycles. The van der Waals surface area contributed by atoms with E-state index in [-0.39, 0.29) is 5.78 Å². The number of ether oxygens (including phenoxy) is 1. The molecule has 0 radical (unpaired) electrons. The first-order valence-electron chi connectivity index (χ1n) is 5.67. The predicted molar refractivity (Wildman–Crippen MR) is 77.6 cm³/mol. The van der Waals surface area contributed by atoms with Crippen LogP contribution in [-0.2, 0) is 0 Å². The molecular formula is C15H12Cl2O2. The van der Waals surface area contributed by atoms with Crippen LogP contribution in [0.5, 0.6) is 5.75 Å². The van der Waals surface area contributed by atoms with Gasteiger partial charge in [-0.1, -0.05) is 35.3 Å². The van der Waals surface area contributed by atoms with Gasteiger partial charge < -0.3 is 4.74 Å². The van der Waals surface area contributed by atoms with Gasteiger partial charge in [0.2, 0.25) is 0 Å². The number of hydrogen-bond acceptors (Lipinski definition) is 2. The van der Waals surface area contributed by atoms with Crippen molar-refractivity contribution >= 4 is 29.0 Å². The molecule has 0 saturated heterocycles. The van der Waals surface area contributed by atoms with Gasteiger partial charge in [0.1, 0.15) is 5.75 Å². The molecule has 0 saturated carbocycles. The fourth-order valence-corrected chi connectivity index (χ4v) is 2.08. The molecule has 2 rings (SSSR count). The second-order valence-corrected chi connectivity index (χ2v) is 4.98. The van der Waals surface area contributed by atoms with Crippen LogP contribution in [0, 0.1) is 6.92 Å². The first-order chi connectivity index (χ1) is 9.02. The number of halogens is 2. The summed E-state index contributed by atoms with van der Waals surface area (Å²) < 4.78 is 5.18. The van der Waals surface area contributed by atoms with Gasteiger partial charge in [0.15, 0.2) is 5.78 Å². The van der Waals surface area contributed by atoms with Crippen molar-refractivity contribution in [2.24, 2.45) is 0 Å². The van der Waals surface area contributed by atoms with E-state index in [9.17, 15) is 4.79 Å². The van der Waals surface area contributed by atoms with Gasteiger partial charge in [-0.25, -0.2) is 0 Å². The third-order valence-electron chi connectivity index (χ3n) is 2.84. The molecule has 19 heavy (non-hydrogen) atoms. The van der Waals surface area contributed by atoms with Crippen molar-refractivity contribution < 1.29 is 9.53 Å². The second-order valence-electron chi connectivity index (χ2n) is 4.14. The van der Waals surface area contributed by atoms with Crippen molar-refractivity contribution in [3.63, 3.8) is 0 Å². The molecule has 0 aliphatic rings. The van der Waals surface area contributed by atoms with Crippen LogP contribution in [0.2, 0.25) is 10.0 Å². The molecule has 0 spiro atoms. The topological polar surface area (TPSA) is 26.3 Å². The van der Waals surface area contributed by atoms with E-state index in [0.717, 1.165) is 5.56 Å². The lowest BCUT2D eigenvalue weighted by atomic mass is 10.0. The molecule has 0 aliphatic heterocycles. The Balaban J connectivity index is 2.46. The van der Waals surface area contributed by atoms with Crippen molar-refractivity contribution in [1.82, 2.24) is 0 Å². The number of ketones is 1. The lowest BCUT2D eigenvalue weighted by Crippen LogP contribution is -2.04. The Labute approximate surface area is 121 Å². The van der Waals surface area contributed by atoms with Crippen molar-refractivity contribution in [3.8, 4) is 5.75 Å². The summed E-state index contributed by atoms with van der Waals surface area (Å²) in [5, 5.41) is 1.09. The van der Waals surface area contributed by atoms with Crippen LogP contribution < -0.4 is 4.74 Å². The highest BCUT2D eigenvalue weighted by Gasteiger charge is 2.15. The average Bonchev–Trinajstić information content (AvgIpc) is 2.41. The molecular weight excluding hydrogens is 283 g/mol. The molecule has 4 heteroatoms. The average molecular weight is 295 g/mol. The molecule has 0 heterocycles. The number of aryl methyl sites for hydroxylation is 1. The van der Waals surface area contributed by atoms with E-state index in [4.69, 9.17) is 27.9 Å². The smallest absolute Gasteiger partial charge is 0.196 e. The third-order valence-corrected chi connectivity index (χ3v) is 3.48. The van der Waals surface area contributed by atoms with Crippen LogP contribution in [0.25, 0.3) is 0 Å². The van der Waals surface area contributed by atoms with Crippen molar-refractivity contribution in [2.45, 2.75) is 6.92 Å². The lowest BCUT2D eigenvalue weighted by molar-refractivity contribution is 0.103. The van der Waals surface area contributed by atoms with E-state index in [1.165, 1.54) is 7.11 Å². The molecule has 0 unspecified atom stereocenters. The van der Waals surface area contributed by atoms with Crippen molar-refractivity contribution in [2.75, 3.05) is 7.11 Å². The zero-order valence-corrected chi connectivity index (χ0v) is 12.0. The summed E-state index contributed by atoms with van der Waals surface area (Å²) in [7, 11) is 1.50. The Morgan fingerprint density at radius 1 is 1.11 bits per heavy atom. The van der Waals surface area contributed by atoms with Gasteiger partial charge in [0.05, 0.1) is 12.7 Å². The summed E-state index contributed by atoms with van der Waals surface area (Å²) in [5.41, 5.74) is 1.92. The Kier molecular flexibility index (Phi) is 4.13. The highest BCUT2D eigenvalue weighted by molar-refractivity contribution is 6.32. The number of hydrogen-bond donors (Lipinski definition) is 0. The van der Waals surface area contributed by atoms with Crippen LogP contribution in [0.3, 0.4) is 0 Å². The molecule has 0 amide bonds. The van der Waals surface area contributed by atoms with E-state index in [1.807, 2.05) is 13.0 Å². The maximum Gasteiger partial charge on any atom is 0.196 e. The number of benzene rings is 2. The number of carbonyl (C=O) groups is 1. The minimum atomic E-state index is -0.143.